The molecule has 0 bridgehead atoms. The second-order valence-corrected chi connectivity index (χ2v) is 8.56. The summed E-state index contributed by atoms with van der Waals surface area (Å²) in [6, 6.07) is 6.99. The molecule has 1 unspecified atom stereocenters. The van der Waals surface area contributed by atoms with Crippen molar-refractivity contribution in [2.24, 2.45) is 0 Å². The molecule has 0 saturated carbocycles. The van der Waals surface area contributed by atoms with Gasteiger partial charge in [0.1, 0.15) is 17.5 Å². The van der Waals surface area contributed by atoms with E-state index in [1.807, 2.05) is 0 Å². The number of alkyl halides is 3. The summed E-state index contributed by atoms with van der Waals surface area (Å²) in [5.41, 5.74) is -1.21. The lowest BCUT2D eigenvalue weighted by Gasteiger charge is -2.24. The van der Waals surface area contributed by atoms with Gasteiger partial charge in [0.25, 0.3) is 5.91 Å². The fourth-order valence-corrected chi connectivity index (χ4v) is 4.26. The molecule has 0 aliphatic heterocycles. The van der Waals surface area contributed by atoms with Crippen LogP contribution in [0.4, 0.5) is 27.6 Å². The predicted molar refractivity (Wildman–Crippen MR) is 131 cm³/mol. The molecule has 1 heterocycles. The lowest BCUT2D eigenvalue weighted by molar-refractivity contribution is -0.137. The average molecular weight is 549 g/mol. The molecule has 3 N–H and O–H groups in total. The minimum absolute atomic E-state index is 0.0245. The second kappa shape index (κ2) is 10.7. The number of aromatic nitrogens is 2. The van der Waals surface area contributed by atoms with Gasteiger partial charge in [0.05, 0.1) is 11.6 Å². The van der Waals surface area contributed by atoms with Crippen LogP contribution in [0.2, 0.25) is 5.02 Å². The maximum absolute atomic E-state index is 14.1. The molecule has 0 aliphatic rings. The number of carbonyl (C=O) groups is 2. The summed E-state index contributed by atoms with van der Waals surface area (Å²) < 4.78 is 67.8. The number of H-pyrrole nitrogens is 1. The SMILES string of the molecule is CNC(c1cc(F)ccc1Cl)c1c(C=O)cc(-c2ncc[nH]2)cc1NC(=O)c1cc(F)cc(C(F)(F)F)c1. The Balaban J connectivity index is 1.90. The van der Waals surface area contributed by atoms with Gasteiger partial charge in [-0.15, -0.1) is 0 Å². The minimum Gasteiger partial charge on any atom is -0.345 e. The molecule has 12 heteroatoms. The van der Waals surface area contributed by atoms with Crippen LogP contribution in [0.5, 0.6) is 0 Å². The Labute approximate surface area is 217 Å². The third kappa shape index (κ3) is 5.58. The van der Waals surface area contributed by atoms with E-state index in [0.29, 0.717) is 29.8 Å². The molecule has 4 aromatic rings. The van der Waals surface area contributed by atoms with Gasteiger partial charge in [0.15, 0.2) is 6.29 Å². The molecular weight excluding hydrogens is 531 g/mol. The summed E-state index contributed by atoms with van der Waals surface area (Å²) in [6.45, 7) is 0. The van der Waals surface area contributed by atoms with E-state index in [2.05, 4.69) is 20.6 Å². The Kier molecular flexibility index (Phi) is 7.61. The average Bonchev–Trinajstić information content (AvgIpc) is 3.41. The van der Waals surface area contributed by atoms with Gasteiger partial charge in [0, 0.05) is 45.4 Å². The second-order valence-electron chi connectivity index (χ2n) is 8.15. The quantitative estimate of drug-likeness (QED) is 0.184. The zero-order valence-corrected chi connectivity index (χ0v) is 20.2. The van der Waals surface area contributed by atoms with Crippen LogP contribution >= 0.6 is 11.6 Å². The zero-order chi connectivity index (χ0) is 27.6. The molecule has 38 heavy (non-hydrogen) atoms. The monoisotopic (exact) mass is 548 g/mol. The molecule has 1 atom stereocenters. The largest absolute Gasteiger partial charge is 0.416 e. The van der Waals surface area contributed by atoms with Crippen LogP contribution in [0.3, 0.4) is 0 Å². The number of hydrogen-bond donors (Lipinski definition) is 3. The number of halogens is 6. The van der Waals surface area contributed by atoms with E-state index in [-0.39, 0.29) is 33.5 Å². The fraction of sp³-hybridized carbons (Fsp3) is 0.115. The van der Waals surface area contributed by atoms with E-state index in [4.69, 9.17) is 11.6 Å². The van der Waals surface area contributed by atoms with Crippen LogP contribution in [0.15, 0.2) is 60.9 Å². The highest BCUT2D eigenvalue weighted by Crippen LogP contribution is 2.38. The molecule has 0 aliphatic carbocycles. The van der Waals surface area contributed by atoms with Gasteiger partial charge in [-0.25, -0.2) is 13.8 Å². The smallest absolute Gasteiger partial charge is 0.345 e. The number of benzene rings is 3. The van der Waals surface area contributed by atoms with E-state index in [0.717, 1.165) is 12.1 Å². The number of imidazole rings is 1. The first-order chi connectivity index (χ1) is 18.0. The molecule has 0 saturated heterocycles. The van der Waals surface area contributed by atoms with Crippen molar-refractivity contribution in [1.82, 2.24) is 15.3 Å². The topological polar surface area (TPSA) is 86.9 Å². The molecule has 6 nitrogen and oxygen atoms in total. The number of hydrogen-bond acceptors (Lipinski definition) is 4. The summed E-state index contributed by atoms with van der Waals surface area (Å²) >= 11 is 6.31. The van der Waals surface area contributed by atoms with Crippen LogP contribution in [0.25, 0.3) is 11.4 Å². The molecule has 1 aromatic heterocycles. The molecule has 0 spiro atoms. The van der Waals surface area contributed by atoms with E-state index in [9.17, 15) is 31.5 Å². The van der Waals surface area contributed by atoms with Crippen molar-refractivity contribution in [2.45, 2.75) is 12.2 Å². The Hall–Kier alpha value is -4.09. The van der Waals surface area contributed by atoms with E-state index in [1.54, 1.807) is 0 Å². The van der Waals surface area contributed by atoms with Crippen molar-refractivity contribution in [3.63, 3.8) is 0 Å². The number of rotatable bonds is 7. The minimum atomic E-state index is -4.89. The third-order valence-corrected chi connectivity index (χ3v) is 6.04. The Bertz CT molecular complexity index is 1510. The highest BCUT2D eigenvalue weighted by molar-refractivity contribution is 6.31. The van der Waals surface area contributed by atoms with Crippen molar-refractivity contribution in [3.8, 4) is 11.4 Å². The lowest BCUT2D eigenvalue weighted by Crippen LogP contribution is -2.23. The van der Waals surface area contributed by atoms with Crippen LogP contribution in [0.1, 0.15) is 43.4 Å². The number of aromatic amines is 1. The highest BCUT2D eigenvalue weighted by Gasteiger charge is 2.32. The van der Waals surface area contributed by atoms with Crippen molar-refractivity contribution in [3.05, 3.63) is 105 Å². The van der Waals surface area contributed by atoms with Crippen LogP contribution in [0, 0.1) is 11.6 Å². The summed E-state index contributed by atoms with van der Waals surface area (Å²) in [5, 5.41) is 5.56. The maximum Gasteiger partial charge on any atom is 0.416 e. The number of nitrogens with zero attached hydrogens (tertiary/aromatic N) is 1. The van der Waals surface area contributed by atoms with E-state index >= 15 is 0 Å². The number of carbonyl (C=O) groups excluding carboxylic acids is 2. The van der Waals surface area contributed by atoms with Crippen LogP contribution in [-0.4, -0.2) is 29.2 Å². The summed E-state index contributed by atoms with van der Waals surface area (Å²) in [6.07, 6.45) is -1.41. The number of anilines is 1. The van der Waals surface area contributed by atoms with Gasteiger partial charge < -0.3 is 15.6 Å². The Morgan fingerprint density at radius 1 is 1.08 bits per heavy atom. The van der Waals surface area contributed by atoms with Crippen molar-refractivity contribution in [2.75, 3.05) is 12.4 Å². The van der Waals surface area contributed by atoms with Crippen molar-refractivity contribution >= 4 is 29.5 Å². The fourth-order valence-electron chi connectivity index (χ4n) is 4.03. The number of nitrogens with one attached hydrogen (secondary N) is 3. The first-order valence-electron chi connectivity index (χ1n) is 11.0. The third-order valence-electron chi connectivity index (χ3n) is 5.69. The summed E-state index contributed by atoms with van der Waals surface area (Å²) in [5.74, 6) is -2.63. The predicted octanol–water partition coefficient (Wildman–Crippen LogP) is 6.40. The standard InChI is InChI=1S/C26H18ClF5N4O2/c1-33-23(19-11-17(28)2-3-20(19)27)22-15(12-37)6-13(24-34-4-5-35-24)9-21(22)36-25(38)14-7-16(26(30,31)32)10-18(29)8-14/h2-12,23,33H,1H3,(H,34,35)(H,36,38). The Morgan fingerprint density at radius 2 is 1.84 bits per heavy atom. The lowest BCUT2D eigenvalue weighted by atomic mass is 9.91. The van der Waals surface area contributed by atoms with Gasteiger partial charge in [-0.3, -0.25) is 9.59 Å². The Morgan fingerprint density at radius 3 is 2.47 bits per heavy atom. The zero-order valence-electron chi connectivity index (χ0n) is 19.5. The summed E-state index contributed by atoms with van der Waals surface area (Å²) in [7, 11) is 1.51. The van der Waals surface area contributed by atoms with E-state index in [1.165, 1.54) is 37.6 Å². The molecule has 0 radical (unpaired) electrons. The first kappa shape index (κ1) is 27.0. The normalized spacial score (nSPS) is 12.3. The number of amides is 1. The molecule has 1 amide bonds. The molecular formula is C26H18ClF5N4O2. The van der Waals surface area contributed by atoms with Crippen molar-refractivity contribution < 1.29 is 31.5 Å². The highest BCUT2D eigenvalue weighted by atomic mass is 35.5. The first-order valence-corrected chi connectivity index (χ1v) is 11.3. The van der Waals surface area contributed by atoms with Gasteiger partial charge in [-0.2, -0.15) is 13.2 Å². The van der Waals surface area contributed by atoms with Gasteiger partial charge in [-0.1, -0.05) is 11.6 Å². The molecule has 3 aromatic carbocycles. The number of aldehydes is 1. The van der Waals surface area contributed by atoms with Gasteiger partial charge in [-0.05, 0) is 61.1 Å². The molecule has 0 fully saturated rings. The van der Waals surface area contributed by atoms with Gasteiger partial charge >= 0.3 is 6.18 Å². The van der Waals surface area contributed by atoms with E-state index < -0.39 is 40.9 Å². The maximum atomic E-state index is 14.1. The molecule has 196 valence electrons. The van der Waals surface area contributed by atoms with Crippen LogP contribution in [-0.2, 0) is 6.18 Å². The van der Waals surface area contributed by atoms with Gasteiger partial charge in [0.2, 0.25) is 0 Å². The molecule has 4 rings (SSSR count). The van der Waals surface area contributed by atoms with Crippen LogP contribution < -0.4 is 10.6 Å². The summed E-state index contributed by atoms with van der Waals surface area (Å²) in [4.78, 5) is 32.3. The van der Waals surface area contributed by atoms with Crippen molar-refractivity contribution in [1.29, 1.82) is 0 Å².